The molecule has 1 unspecified atom stereocenters. The number of hydrogen-bond acceptors (Lipinski definition) is 2. The predicted octanol–water partition coefficient (Wildman–Crippen LogP) is 3.27. The predicted molar refractivity (Wildman–Crippen MR) is 78.5 cm³/mol. The zero-order chi connectivity index (χ0) is 14.3. The van der Waals surface area contributed by atoms with Gasteiger partial charge in [-0.25, -0.2) is 0 Å². The van der Waals surface area contributed by atoms with E-state index in [1.54, 1.807) is 7.11 Å². The Labute approximate surface area is 116 Å². The maximum Gasteiger partial charge on any atom is 0.253 e. The number of benzene rings is 1. The van der Waals surface area contributed by atoms with E-state index in [0.717, 1.165) is 24.9 Å². The lowest BCUT2D eigenvalue weighted by Gasteiger charge is -2.26. The highest BCUT2D eigenvalue weighted by molar-refractivity contribution is 5.94. The van der Waals surface area contributed by atoms with Crippen molar-refractivity contribution >= 4 is 5.91 Å². The van der Waals surface area contributed by atoms with Gasteiger partial charge in [-0.05, 0) is 31.9 Å². The SMILES string of the molecule is CCCN(CC(CC)OC)C(=O)c1ccc(C)cc1. The standard InChI is InChI=1S/C16H25NO2/c1-5-11-17(12-15(6-2)19-4)16(18)14-9-7-13(3)8-10-14/h7-10,15H,5-6,11-12H2,1-4H3. The fourth-order valence-electron chi connectivity index (χ4n) is 2.04. The number of amides is 1. The largest absolute Gasteiger partial charge is 0.380 e. The van der Waals surface area contributed by atoms with Gasteiger partial charge in [0.2, 0.25) is 0 Å². The van der Waals surface area contributed by atoms with E-state index in [-0.39, 0.29) is 12.0 Å². The molecule has 1 amide bonds. The minimum atomic E-state index is 0.0948. The molecule has 0 heterocycles. The fraction of sp³-hybridized carbons (Fsp3) is 0.562. The Kier molecular flexibility index (Phi) is 6.57. The summed E-state index contributed by atoms with van der Waals surface area (Å²) in [4.78, 5) is 14.4. The topological polar surface area (TPSA) is 29.5 Å². The highest BCUT2D eigenvalue weighted by Gasteiger charge is 2.18. The summed E-state index contributed by atoms with van der Waals surface area (Å²) < 4.78 is 5.39. The van der Waals surface area contributed by atoms with Crippen LogP contribution in [0.2, 0.25) is 0 Å². The molecule has 3 nitrogen and oxygen atoms in total. The first kappa shape index (κ1) is 15.7. The molecule has 106 valence electrons. The number of hydrogen-bond donors (Lipinski definition) is 0. The van der Waals surface area contributed by atoms with Crippen LogP contribution in [0.1, 0.15) is 42.6 Å². The van der Waals surface area contributed by atoms with Crippen molar-refractivity contribution in [2.24, 2.45) is 0 Å². The Balaban J connectivity index is 2.79. The molecule has 0 N–H and O–H groups in total. The van der Waals surface area contributed by atoms with E-state index in [1.807, 2.05) is 36.1 Å². The Morgan fingerprint density at radius 3 is 2.37 bits per heavy atom. The van der Waals surface area contributed by atoms with Gasteiger partial charge in [-0.3, -0.25) is 4.79 Å². The van der Waals surface area contributed by atoms with Crippen molar-refractivity contribution in [1.29, 1.82) is 0 Å². The molecule has 1 rings (SSSR count). The second kappa shape index (κ2) is 7.95. The van der Waals surface area contributed by atoms with Crippen LogP contribution < -0.4 is 0 Å². The monoisotopic (exact) mass is 263 g/mol. The van der Waals surface area contributed by atoms with Gasteiger partial charge in [-0.15, -0.1) is 0 Å². The van der Waals surface area contributed by atoms with Crippen molar-refractivity contribution in [2.45, 2.75) is 39.7 Å². The molecular weight excluding hydrogens is 238 g/mol. The lowest BCUT2D eigenvalue weighted by Crippen LogP contribution is -2.38. The van der Waals surface area contributed by atoms with Gasteiger partial charge in [0.1, 0.15) is 0 Å². The van der Waals surface area contributed by atoms with E-state index in [0.29, 0.717) is 6.54 Å². The van der Waals surface area contributed by atoms with Crippen LogP contribution in [0.15, 0.2) is 24.3 Å². The Bertz CT molecular complexity index is 382. The summed E-state index contributed by atoms with van der Waals surface area (Å²) in [5, 5.41) is 0. The molecule has 3 heteroatoms. The second-order valence-corrected chi connectivity index (χ2v) is 4.88. The van der Waals surface area contributed by atoms with Gasteiger partial charge in [0.15, 0.2) is 0 Å². The summed E-state index contributed by atoms with van der Waals surface area (Å²) in [7, 11) is 1.70. The molecule has 1 aromatic rings. The van der Waals surface area contributed by atoms with Crippen LogP contribution in [0.25, 0.3) is 0 Å². The fourth-order valence-corrected chi connectivity index (χ4v) is 2.04. The molecule has 19 heavy (non-hydrogen) atoms. The van der Waals surface area contributed by atoms with Crippen LogP contribution >= 0.6 is 0 Å². The van der Waals surface area contributed by atoms with E-state index in [2.05, 4.69) is 13.8 Å². The molecule has 0 radical (unpaired) electrons. The first-order valence-corrected chi connectivity index (χ1v) is 7.01. The highest BCUT2D eigenvalue weighted by Crippen LogP contribution is 2.10. The number of carbonyl (C=O) groups excluding carboxylic acids is 1. The van der Waals surface area contributed by atoms with E-state index in [1.165, 1.54) is 5.56 Å². The number of rotatable bonds is 7. The lowest BCUT2D eigenvalue weighted by atomic mass is 10.1. The number of nitrogens with zero attached hydrogens (tertiary/aromatic N) is 1. The minimum Gasteiger partial charge on any atom is -0.380 e. The molecule has 0 aliphatic heterocycles. The third-order valence-electron chi connectivity index (χ3n) is 3.29. The number of ether oxygens (including phenoxy) is 1. The lowest BCUT2D eigenvalue weighted by molar-refractivity contribution is 0.0468. The van der Waals surface area contributed by atoms with E-state index in [4.69, 9.17) is 4.74 Å². The third kappa shape index (κ3) is 4.67. The molecule has 0 aliphatic carbocycles. The molecule has 1 aromatic carbocycles. The summed E-state index contributed by atoms with van der Waals surface area (Å²) in [5.41, 5.74) is 1.92. The second-order valence-electron chi connectivity index (χ2n) is 4.88. The quantitative estimate of drug-likeness (QED) is 0.755. The third-order valence-corrected chi connectivity index (χ3v) is 3.29. The van der Waals surface area contributed by atoms with Crippen LogP contribution in [0.4, 0.5) is 0 Å². The summed E-state index contributed by atoms with van der Waals surface area (Å²) in [6.45, 7) is 7.62. The van der Waals surface area contributed by atoms with Crippen LogP contribution in [-0.4, -0.2) is 37.1 Å². The Morgan fingerprint density at radius 2 is 1.89 bits per heavy atom. The van der Waals surface area contributed by atoms with Gasteiger partial charge in [-0.1, -0.05) is 31.5 Å². The van der Waals surface area contributed by atoms with Crippen LogP contribution in [0, 0.1) is 6.92 Å². The van der Waals surface area contributed by atoms with Crippen LogP contribution in [-0.2, 0) is 4.74 Å². The summed E-state index contributed by atoms with van der Waals surface area (Å²) in [5.74, 6) is 0.0948. The van der Waals surface area contributed by atoms with Crippen molar-refractivity contribution in [3.63, 3.8) is 0 Å². The summed E-state index contributed by atoms with van der Waals surface area (Å²) in [6, 6.07) is 7.75. The van der Waals surface area contributed by atoms with Gasteiger partial charge >= 0.3 is 0 Å². The molecule has 1 atom stereocenters. The van der Waals surface area contributed by atoms with Gasteiger partial charge in [0, 0.05) is 25.8 Å². The first-order chi connectivity index (χ1) is 9.12. The molecule has 0 aromatic heterocycles. The Hall–Kier alpha value is -1.35. The van der Waals surface area contributed by atoms with Crippen molar-refractivity contribution < 1.29 is 9.53 Å². The average Bonchev–Trinajstić information content (AvgIpc) is 2.43. The molecule has 0 saturated heterocycles. The van der Waals surface area contributed by atoms with Gasteiger partial charge < -0.3 is 9.64 Å². The average molecular weight is 263 g/mol. The normalized spacial score (nSPS) is 12.2. The summed E-state index contributed by atoms with van der Waals surface area (Å²) in [6.07, 6.45) is 1.98. The van der Waals surface area contributed by atoms with Crippen molar-refractivity contribution in [1.82, 2.24) is 4.90 Å². The zero-order valence-corrected chi connectivity index (χ0v) is 12.5. The van der Waals surface area contributed by atoms with Gasteiger partial charge in [0.05, 0.1) is 6.10 Å². The summed E-state index contributed by atoms with van der Waals surface area (Å²) >= 11 is 0. The minimum absolute atomic E-state index is 0.0948. The molecule has 0 fully saturated rings. The number of aryl methyl sites for hydroxylation is 1. The smallest absolute Gasteiger partial charge is 0.253 e. The molecule has 0 bridgehead atoms. The number of methoxy groups -OCH3 is 1. The van der Waals surface area contributed by atoms with Gasteiger partial charge in [-0.2, -0.15) is 0 Å². The van der Waals surface area contributed by atoms with Crippen molar-refractivity contribution in [3.8, 4) is 0 Å². The molecule has 0 aliphatic rings. The van der Waals surface area contributed by atoms with Crippen molar-refractivity contribution in [2.75, 3.05) is 20.2 Å². The molecule has 0 saturated carbocycles. The van der Waals surface area contributed by atoms with Crippen molar-refractivity contribution in [3.05, 3.63) is 35.4 Å². The maximum absolute atomic E-state index is 12.5. The van der Waals surface area contributed by atoms with E-state index >= 15 is 0 Å². The van der Waals surface area contributed by atoms with Crippen LogP contribution in [0.5, 0.6) is 0 Å². The van der Waals surface area contributed by atoms with E-state index in [9.17, 15) is 4.79 Å². The van der Waals surface area contributed by atoms with E-state index < -0.39 is 0 Å². The zero-order valence-electron chi connectivity index (χ0n) is 12.5. The van der Waals surface area contributed by atoms with Crippen LogP contribution in [0.3, 0.4) is 0 Å². The highest BCUT2D eigenvalue weighted by atomic mass is 16.5. The Morgan fingerprint density at radius 1 is 1.26 bits per heavy atom. The van der Waals surface area contributed by atoms with Gasteiger partial charge in [0.25, 0.3) is 5.91 Å². The maximum atomic E-state index is 12.5. The molecule has 0 spiro atoms. The number of carbonyl (C=O) groups is 1. The molecular formula is C16H25NO2. The first-order valence-electron chi connectivity index (χ1n) is 7.01.